The number of aryl methyl sites for hydroxylation is 2. The fraction of sp³-hybridized carbons (Fsp3) is 0.333. The van der Waals surface area contributed by atoms with E-state index in [1.165, 1.54) is 0 Å². The van der Waals surface area contributed by atoms with E-state index in [-0.39, 0.29) is 6.08 Å². The normalized spacial score (nSPS) is 13.8. The minimum absolute atomic E-state index is 0.292. The van der Waals surface area contributed by atoms with E-state index in [0.717, 1.165) is 17.2 Å². The van der Waals surface area contributed by atoms with Gasteiger partial charge < -0.3 is 15.3 Å². The summed E-state index contributed by atoms with van der Waals surface area (Å²) in [4.78, 5) is 0. The van der Waals surface area contributed by atoms with Crippen LogP contribution in [0.5, 0.6) is 0 Å². The van der Waals surface area contributed by atoms with Gasteiger partial charge in [0.2, 0.25) is 0 Å². The summed E-state index contributed by atoms with van der Waals surface area (Å²) < 4.78 is 76.8. The summed E-state index contributed by atoms with van der Waals surface area (Å²) in [7, 11) is 0. The Bertz CT molecular complexity index is 959. The van der Waals surface area contributed by atoms with Gasteiger partial charge in [0.15, 0.2) is 6.29 Å². The van der Waals surface area contributed by atoms with Crippen molar-refractivity contribution in [2.75, 3.05) is 0 Å². The largest absolute Gasteiger partial charge is 0.430 e. The molecule has 2 rings (SSSR count). The molecule has 0 spiro atoms. The van der Waals surface area contributed by atoms with Crippen LogP contribution in [0.2, 0.25) is 0 Å². The van der Waals surface area contributed by atoms with Crippen molar-refractivity contribution < 1.29 is 41.7 Å². The first-order chi connectivity index (χ1) is 15.3. The summed E-state index contributed by atoms with van der Waals surface area (Å²) in [6.45, 7) is 1.71. The molecule has 0 aliphatic heterocycles. The van der Waals surface area contributed by atoms with Crippen molar-refractivity contribution in [1.29, 1.82) is 0 Å². The highest BCUT2D eigenvalue weighted by Crippen LogP contribution is 2.44. The number of aliphatic hydroxyl groups is 3. The van der Waals surface area contributed by atoms with E-state index in [0.29, 0.717) is 42.0 Å². The van der Waals surface area contributed by atoms with Crippen molar-refractivity contribution >= 4 is 5.57 Å². The maximum atomic E-state index is 12.8. The van der Waals surface area contributed by atoms with Crippen molar-refractivity contribution in [2.24, 2.45) is 0 Å². The summed E-state index contributed by atoms with van der Waals surface area (Å²) in [6.07, 6.45) is -10.4. The SMILES string of the molecule is CCC(=CC=CC(O)(C(F)(F)F)C(F)(F)F)c1cccc(CCc2ccc(C(O)O)cc2)c1. The molecule has 0 saturated carbocycles. The number of alkyl halides is 6. The molecular formula is C24H24F6O3. The first-order valence-corrected chi connectivity index (χ1v) is 10.1. The average Bonchev–Trinajstić information content (AvgIpc) is 2.74. The van der Waals surface area contributed by atoms with Crippen molar-refractivity contribution in [3.8, 4) is 0 Å². The van der Waals surface area contributed by atoms with Crippen LogP contribution in [0.4, 0.5) is 26.3 Å². The molecular weight excluding hydrogens is 450 g/mol. The number of benzene rings is 2. The lowest BCUT2D eigenvalue weighted by Crippen LogP contribution is -2.55. The lowest BCUT2D eigenvalue weighted by atomic mass is 9.96. The van der Waals surface area contributed by atoms with E-state index >= 15 is 0 Å². The number of hydrogen-bond acceptors (Lipinski definition) is 3. The second-order valence-corrected chi connectivity index (χ2v) is 7.48. The van der Waals surface area contributed by atoms with Gasteiger partial charge in [-0.2, -0.15) is 26.3 Å². The summed E-state index contributed by atoms with van der Waals surface area (Å²) >= 11 is 0. The summed E-state index contributed by atoms with van der Waals surface area (Å²) in [5, 5.41) is 27.5. The highest BCUT2D eigenvalue weighted by Gasteiger charge is 2.68. The van der Waals surface area contributed by atoms with E-state index in [1.807, 2.05) is 6.07 Å². The van der Waals surface area contributed by atoms with Gasteiger partial charge in [0.05, 0.1) is 0 Å². The number of rotatable bonds is 8. The quantitative estimate of drug-likeness (QED) is 0.263. The Kier molecular flexibility index (Phi) is 8.51. The summed E-state index contributed by atoms with van der Waals surface area (Å²) in [5.74, 6) is 0. The zero-order valence-corrected chi connectivity index (χ0v) is 17.7. The van der Waals surface area contributed by atoms with Gasteiger partial charge in [0.25, 0.3) is 5.60 Å². The molecule has 2 aromatic rings. The fourth-order valence-electron chi connectivity index (χ4n) is 3.14. The van der Waals surface area contributed by atoms with Crippen LogP contribution < -0.4 is 0 Å². The second kappa shape index (κ2) is 10.5. The van der Waals surface area contributed by atoms with Gasteiger partial charge in [-0.1, -0.05) is 67.6 Å². The van der Waals surface area contributed by atoms with Gasteiger partial charge in [-0.15, -0.1) is 0 Å². The maximum absolute atomic E-state index is 12.8. The summed E-state index contributed by atoms with van der Waals surface area (Å²) in [6, 6.07) is 13.8. The van der Waals surface area contributed by atoms with Crippen LogP contribution in [0.25, 0.3) is 5.57 Å². The Morgan fingerprint density at radius 2 is 1.45 bits per heavy atom. The Balaban J connectivity index is 2.19. The van der Waals surface area contributed by atoms with E-state index in [4.69, 9.17) is 10.2 Å². The smallest absolute Gasteiger partial charge is 0.370 e. The zero-order chi connectivity index (χ0) is 24.9. The van der Waals surface area contributed by atoms with Gasteiger partial charge in [0.1, 0.15) is 0 Å². The van der Waals surface area contributed by atoms with Crippen LogP contribution in [-0.2, 0) is 12.8 Å². The molecule has 0 saturated heterocycles. The molecule has 0 fully saturated rings. The Morgan fingerprint density at radius 3 is 1.97 bits per heavy atom. The molecule has 0 atom stereocenters. The molecule has 0 aromatic heterocycles. The molecule has 0 aliphatic carbocycles. The van der Waals surface area contributed by atoms with E-state index in [9.17, 15) is 31.4 Å². The first kappa shape index (κ1) is 26.6. The molecule has 0 radical (unpaired) electrons. The highest BCUT2D eigenvalue weighted by atomic mass is 19.4. The van der Waals surface area contributed by atoms with E-state index in [2.05, 4.69) is 0 Å². The molecule has 9 heteroatoms. The van der Waals surface area contributed by atoms with Crippen LogP contribution in [-0.4, -0.2) is 33.3 Å². The molecule has 0 aliphatic rings. The fourth-order valence-corrected chi connectivity index (χ4v) is 3.14. The predicted molar refractivity (Wildman–Crippen MR) is 112 cm³/mol. The van der Waals surface area contributed by atoms with Crippen LogP contribution in [0.3, 0.4) is 0 Å². The zero-order valence-electron chi connectivity index (χ0n) is 17.7. The topological polar surface area (TPSA) is 60.7 Å². The van der Waals surface area contributed by atoms with Crippen LogP contribution >= 0.6 is 0 Å². The second-order valence-electron chi connectivity index (χ2n) is 7.48. The molecule has 0 amide bonds. The molecule has 0 heterocycles. The van der Waals surface area contributed by atoms with Gasteiger partial charge in [-0.25, -0.2) is 0 Å². The van der Waals surface area contributed by atoms with Crippen molar-refractivity contribution in [3.63, 3.8) is 0 Å². The van der Waals surface area contributed by atoms with Crippen LogP contribution in [0.1, 0.15) is 41.9 Å². The van der Waals surface area contributed by atoms with Crippen molar-refractivity contribution in [2.45, 2.75) is 50.4 Å². The predicted octanol–water partition coefficient (Wildman–Crippen LogP) is 5.66. The van der Waals surface area contributed by atoms with Gasteiger partial charge >= 0.3 is 12.4 Å². The standard InChI is InChI=1S/C24H24F6O3/c1-2-18(7-4-14-22(33,23(25,26)27)24(28,29)30)20-6-3-5-17(15-20)9-8-16-10-12-19(13-11-16)21(31)32/h3-7,10-15,21,31-33H,2,8-9H2,1H3. The van der Waals surface area contributed by atoms with E-state index < -0.39 is 24.2 Å². The number of hydrogen-bond donors (Lipinski definition) is 3. The molecule has 0 bridgehead atoms. The molecule has 0 unspecified atom stereocenters. The minimum atomic E-state index is -5.91. The molecule has 3 N–H and O–H groups in total. The molecule has 3 nitrogen and oxygen atoms in total. The maximum Gasteiger partial charge on any atom is 0.430 e. The highest BCUT2D eigenvalue weighted by molar-refractivity contribution is 5.67. The lowest BCUT2D eigenvalue weighted by Gasteiger charge is -2.29. The monoisotopic (exact) mass is 474 g/mol. The number of aliphatic hydroxyl groups excluding tert-OH is 1. The Labute approximate surface area is 187 Å². The summed E-state index contributed by atoms with van der Waals surface area (Å²) in [5.41, 5.74) is -1.56. The lowest BCUT2D eigenvalue weighted by molar-refractivity contribution is -0.347. The molecule has 33 heavy (non-hydrogen) atoms. The molecule has 2 aromatic carbocycles. The minimum Gasteiger partial charge on any atom is -0.370 e. The third-order valence-electron chi connectivity index (χ3n) is 5.16. The van der Waals surface area contributed by atoms with Crippen molar-refractivity contribution in [1.82, 2.24) is 0 Å². The van der Waals surface area contributed by atoms with E-state index in [1.54, 1.807) is 49.4 Å². The van der Waals surface area contributed by atoms with Crippen LogP contribution in [0.15, 0.2) is 66.8 Å². The first-order valence-electron chi connectivity index (χ1n) is 10.1. The van der Waals surface area contributed by atoms with Crippen LogP contribution in [0, 0.1) is 0 Å². The molecule has 180 valence electrons. The number of halogens is 6. The van der Waals surface area contributed by atoms with Gasteiger partial charge in [0, 0.05) is 5.56 Å². The third-order valence-corrected chi connectivity index (χ3v) is 5.16. The Hall–Kier alpha value is -2.62. The average molecular weight is 474 g/mol. The number of allylic oxidation sites excluding steroid dienone is 3. The Morgan fingerprint density at radius 1 is 0.879 bits per heavy atom. The van der Waals surface area contributed by atoms with Gasteiger partial charge in [-0.05, 0) is 47.6 Å². The van der Waals surface area contributed by atoms with Crippen molar-refractivity contribution in [3.05, 3.63) is 89.0 Å². The third kappa shape index (κ3) is 6.69. The van der Waals surface area contributed by atoms with Gasteiger partial charge in [-0.3, -0.25) is 0 Å².